The Morgan fingerprint density at radius 1 is 1.22 bits per heavy atom. The zero-order chi connectivity index (χ0) is 14.0. The van der Waals surface area contributed by atoms with Gasteiger partial charge in [0.15, 0.2) is 0 Å². The molecule has 0 heterocycles. The molecular formula is C10H12F3NO3S. The Kier molecular flexibility index (Phi) is 4.23. The van der Waals surface area contributed by atoms with E-state index < -0.39 is 29.2 Å². The van der Waals surface area contributed by atoms with Crippen LogP contribution in [0.25, 0.3) is 0 Å². The van der Waals surface area contributed by atoms with Crippen LogP contribution >= 0.6 is 0 Å². The maximum Gasteiger partial charge on any atom is 0.390 e. The molecule has 1 aromatic rings. The lowest BCUT2D eigenvalue weighted by Gasteiger charge is -2.18. The predicted molar refractivity (Wildman–Crippen MR) is 58.6 cm³/mol. The second-order valence-electron chi connectivity index (χ2n) is 3.69. The summed E-state index contributed by atoms with van der Waals surface area (Å²) in [5, 5.41) is 9.01. The first-order valence-electron chi connectivity index (χ1n) is 4.95. The van der Waals surface area contributed by atoms with Crippen molar-refractivity contribution in [2.45, 2.75) is 17.5 Å². The third kappa shape index (κ3) is 3.88. The minimum atomic E-state index is -4.40. The molecule has 0 aromatic heterocycles. The Morgan fingerprint density at radius 2 is 1.72 bits per heavy atom. The van der Waals surface area contributed by atoms with Gasteiger partial charge in [-0.05, 0) is 24.3 Å². The topological polar surface area (TPSA) is 57.6 Å². The van der Waals surface area contributed by atoms with Gasteiger partial charge in [0.05, 0.1) is 11.3 Å². The molecular weight excluding hydrogens is 271 g/mol. The van der Waals surface area contributed by atoms with E-state index in [1.54, 1.807) is 0 Å². The van der Waals surface area contributed by atoms with Gasteiger partial charge in [-0.25, -0.2) is 12.7 Å². The fourth-order valence-corrected chi connectivity index (χ4v) is 2.37. The third-order valence-electron chi connectivity index (χ3n) is 2.26. The summed E-state index contributed by atoms with van der Waals surface area (Å²) in [6, 6.07) is 4.58. The molecule has 1 aromatic carbocycles. The van der Waals surface area contributed by atoms with Crippen LogP contribution in [0.2, 0.25) is 0 Å². The molecule has 0 aliphatic rings. The second kappa shape index (κ2) is 5.15. The zero-order valence-corrected chi connectivity index (χ0v) is 10.3. The van der Waals surface area contributed by atoms with Gasteiger partial charge in [0, 0.05) is 13.6 Å². The fourth-order valence-electron chi connectivity index (χ4n) is 1.20. The van der Waals surface area contributed by atoms with Gasteiger partial charge in [-0.3, -0.25) is 0 Å². The van der Waals surface area contributed by atoms with E-state index in [1.165, 1.54) is 0 Å². The van der Waals surface area contributed by atoms with Crippen LogP contribution < -0.4 is 0 Å². The van der Waals surface area contributed by atoms with Crippen molar-refractivity contribution in [3.63, 3.8) is 0 Å². The highest BCUT2D eigenvalue weighted by atomic mass is 32.2. The monoisotopic (exact) mass is 283 g/mol. The van der Waals surface area contributed by atoms with Gasteiger partial charge in [0.25, 0.3) is 0 Å². The number of alkyl halides is 3. The molecule has 1 N–H and O–H groups in total. The Balaban J connectivity index is 2.83. The number of rotatable bonds is 4. The van der Waals surface area contributed by atoms with Crippen molar-refractivity contribution in [2.24, 2.45) is 0 Å². The van der Waals surface area contributed by atoms with Gasteiger partial charge < -0.3 is 5.11 Å². The van der Waals surface area contributed by atoms with Crippen LogP contribution in [0.4, 0.5) is 13.2 Å². The molecule has 18 heavy (non-hydrogen) atoms. The molecule has 0 aliphatic heterocycles. The molecule has 0 unspecified atom stereocenters. The Hall–Kier alpha value is -1.28. The molecule has 0 saturated heterocycles. The van der Waals surface area contributed by atoms with Gasteiger partial charge in [-0.15, -0.1) is 0 Å². The van der Waals surface area contributed by atoms with Crippen molar-refractivity contribution in [3.8, 4) is 5.75 Å². The first-order chi connectivity index (χ1) is 8.13. The number of hydrogen-bond donors (Lipinski definition) is 1. The minimum absolute atomic E-state index is 0.119. The van der Waals surface area contributed by atoms with E-state index in [-0.39, 0.29) is 10.6 Å². The zero-order valence-electron chi connectivity index (χ0n) is 9.48. The average molecular weight is 283 g/mol. The highest BCUT2D eigenvalue weighted by Crippen LogP contribution is 2.22. The summed E-state index contributed by atoms with van der Waals surface area (Å²) < 4.78 is 60.3. The summed E-state index contributed by atoms with van der Waals surface area (Å²) in [6.07, 6.45) is -5.61. The smallest absolute Gasteiger partial charge is 0.390 e. The summed E-state index contributed by atoms with van der Waals surface area (Å²) in [5.41, 5.74) is 0. The highest BCUT2D eigenvalue weighted by molar-refractivity contribution is 7.89. The first-order valence-corrected chi connectivity index (χ1v) is 6.39. The van der Waals surface area contributed by atoms with E-state index >= 15 is 0 Å². The molecule has 0 bridgehead atoms. The maximum absolute atomic E-state index is 12.0. The number of phenolic OH excluding ortho intramolecular Hbond substituents is 1. The number of sulfonamides is 1. The minimum Gasteiger partial charge on any atom is -0.508 e. The molecule has 4 nitrogen and oxygen atoms in total. The SMILES string of the molecule is CN(CCC(F)(F)F)S(=O)(=O)c1ccc(O)cc1. The predicted octanol–water partition coefficient (Wildman–Crippen LogP) is 1.97. The van der Waals surface area contributed by atoms with Crippen LogP contribution in [-0.2, 0) is 10.0 Å². The fraction of sp³-hybridized carbons (Fsp3) is 0.400. The highest BCUT2D eigenvalue weighted by Gasteiger charge is 2.30. The second-order valence-corrected chi connectivity index (χ2v) is 5.73. The van der Waals surface area contributed by atoms with Gasteiger partial charge in [0.1, 0.15) is 5.75 Å². The van der Waals surface area contributed by atoms with Crippen molar-refractivity contribution in [1.82, 2.24) is 4.31 Å². The molecule has 0 aliphatic carbocycles. The van der Waals surface area contributed by atoms with Crippen LogP contribution in [0, 0.1) is 0 Å². The largest absolute Gasteiger partial charge is 0.508 e. The number of benzene rings is 1. The summed E-state index contributed by atoms with van der Waals surface area (Å²) in [5.74, 6) is -0.119. The van der Waals surface area contributed by atoms with E-state index in [9.17, 15) is 21.6 Å². The maximum atomic E-state index is 12.0. The van der Waals surface area contributed by atoms with E-state index in [1.807, 2.05) is 0 Å². The van der Waals surface area contributed by atoms with Crippen LogP contribution in [0.15, 0.2) is 29.2 Å². The number of halogens is 3. The van der Waals surface area contributed by atoms with Crippen LogP contribution in [0.5, 0.6) is 5.75 Å². The van der Waals surface area contributed by atoms with Gasteiger partial charge in [0.2, 0.25) is 10.0 Å². The number of hydrogen-bond acceptors (Lipinski definition) is 3. The Morgan fingerprint density at radius 3 is 2.17 bits per heavy atom. The normalized spacial score (nSPS) is 12.9. The van der Waals surface area contributed by atoms with Gasteiger partial charge in [-0.2, -0.15) is 13.2 Å². The van der Waals surface area contributed by atoms with Crippen molar-refractivity contribution >= 4 is 10.0 Å². The van der Waals surface area contributed by atoms with E-state index in [2.05, 4.69) is 0 Å². The number of aromatic hydroxyl groups is 1. The third-order valence-corrected chi connectivity index (χ3v) is 4.13. The first kappa shape index (κ1) is 14.8. The molecule has 102 valence electrons. The van der Waals surface area contributed by atoms with Crippen LogP contribution in [0.3, 0.4) is 0 Å². The van der Waals surface area contributed by atoms with E-state index in [0.717, 1.165) is 31.3 Å². The molecule has 0 spiro atoms. The van der Waals surface area contributed by atoms with E-state index in [4.69, 9.17) is 5.11 Å². The quantitative estimate of drug-likeness (QED) is 0.919. The molecule has 0 saturated carbocycles. The lowest BCUT2D eigenvalue weighted by atomic mass is 10.3. The summed E-state index contributed by atoms with van der Waals surface area (Å²) in [7, 11) is -2.88. The lowest BCUT2D eigenvalue weighted by Crippen LogP contribution is -2.30. The Labute approximate surface area is 103 Å². The van der Waals surface area contributed by atoms with Gasteiger partial charge in [-0.1, -0.05) is 0 Å². The lowest BCUT2D eigenvalue weighted by molar-refractivity contribution is -0.135. The molecule has 1 rings (SSSR count). The molecule has 0 radical (unpaired) electrons. The van der Waals surface area contributed by atoms with Crippen LogP contribution in [0.1, 0.15) is 6.42 Å². The van der Waals surface area contributed by atoms with Crippen molar-refractivity contribution in [3.05, 3.63) is 24.3 Å². The number of nitrogens with zero attached hydrogens (tertiary/aromatic N) is 1. The number of phenols is 1. The van der Waals surface area contributed by atoms with Crippen LogP contribution in [-0.4, -0.2) is 37.6 Å². The summed E-state index contributed by atoms with van der Waals surface area (Å²) >= 11 is 0. The Bertz CT molecular complexity index is 496. The standard InChI is InChI=1S/C10H12F3NO3S/c1-14(7-6-10(11,12)13)18(16,17)9-4-2-8(15)3-5-9/h2-5,15H,6-7H2,1H3. The van der Waals surface area contributed by atoms with Crippen molar-refractivity contribution in [2.75, 3.05) is 13.6 Å². The molecule has 8 heteroatoms. The van der Waals surface area contributed by atoms with Crippen molar-refractivity contribution in [1.29, 1.82) is 0 Å². The summed E-state index contributed by atoms with van der Waals surface area (Å²) in [6.45, 7) is -0.646. The van der Waals surface area contributed by atoms with E-state index in [0.29, 0.717) is 4.31 Å². The molecule has 0 atom stereocenters. The van der Waals surface area contributed by atoms with Crippen molar-refractivity contribution < 1.29 is 26.7 Å². The average Bonchev–Trinajstić information content (AvgIpc) is 2.25. The van der Waals surface area contributed by atoms with Gasteiger partial charge >= 0.3 is 6.18 Å². The molecule has 0 fully saturated rings. The molecule has 0 amide bonds. The summed E-state index contributed by atoms with van der Waals surface area (Å²) in [4.78, 5) is -0.162.